The molecule has 0 saturated heterocycles. The van der Waals surface area contributed by atoms with Gasteiger partial charge >= 0.3 is 0 Å². The van der Waals surface area contributed by atoms with Gasteiger partial charge in [0.1, 0.15) is 5.82 Å². The first kappa shape index (κ1) is 15.2. The van der Waals surface area contributed by atoms with Crippen molar-refractivity contribution in [2.75, 3.05) is 6.54 Å². The zero-order valence-corrected chi connectivity index (χ0v) is 13.4. The molecule has 0 unspecified atom stereocenters. The summed E-state index contributed by atoms with van der Waals surface area (Å²) in [5.41, 5.74) is 1.72. The standard InChI is InChI=1S/C16H16N4O2S/c1-20-13(18-19-16(20)23)7-9-17-15(21)14-12(8-10-22-14)11-5-3-2-4-6-11/h2-6,8,10H,7,9H2,1H3,(H,17,21)(H,19,23). The molecule has 0 bridgehead atoms. The zero-order chi connectivity index (χ0) is 16.2. The van der Waals surface area contributed by atoms with Crippen LogP contribution in [-0.4, -0.2) is 27.2 Å². The van der Waals surface area contributed by atoms with Crippen molar-refractivity contribution >= 4 is 18.1 Å². The maximum absolute atomic E-state index is 12.3. The second kappa shape index (κ2) is 6.62. The molecule has 0 fully saturated rings. The number of amides is 1. The summed E-state index contributed by atoms with van der Waals surface area (Å²) in [6, 6.07) is 11.5. The van der Waals surface area contributed by atoms with Crippen molar-refractivity contribution in [3.05, 3.63) is 59.0 Å². The predicted octanol–water partition coefficient (Wildman–Crippen LogP) is 2.71. The summed E-state index contributed by atoms with van der Waals surface area (Å²) in [5, 5.41) is 9.68. The molecule has 23 heavy (non-hydrogen) atoms. The van der Waals surface area contributed by atoms with E-state index in [1.54, 1.807) is 10.6 Å². The molecule has 118 valence electrons. The Kier molecular flexibility index (Phi) is 4.38. The van der Waals surface area contributed by atoms with E-state index in [0.29, 0.717) is 23.5 Å². The van der Waals surface area contributed by atoms with Gasteiger partial charge in [-0.2, -0.15) is 5.10 Å². The van der Waals surface area contributed by atoms with Crippen molar-refractivity contribution in [3.63, 3.8) is 0 Å². The summed E-state index contributed by atoms with van der Waals surface area (Å²) in [6.07, 6.45) is 2.10. The van der Waals surface area contributed by atoms with E-state index in [2.05, 4.69) is 15.5 Å². The van der Waals surface area contributed by atoms with Crippen LogP contribution in [-0.2, 0) is 13.5 Å². The van der Waals surface area contributed by atoms with Crippen molar-refractivity contribution in [2.45, 2.75) is 6.42 Å². The van der Waals surface area contributed by atoms with Crippen molar-refractivity contribution in [2.24, 2.45) is 7.05 Å². The van der Waals surface area contributed by atoms with Gasteiger partial charge in [0.15, 0.2) is 10.5 Å². The number of nitrogens with one attached hydrogen (secondary N) is 2. The Labute approximate surface area is 138 Å². The average molecular weight is 328 g/mol. The molecule has 2 N–H and O–H groups in total. The molecule has 1 aromatic carbocycles. The lowest BCUT2D eigenvalue weighted by molar-refractivity contribution is 0.0927. The van der Waals surface area contributed by atoms with Crippen LogP contribution in [0.25, 0.3) is 11.1 Å². The van der Waals surface area contributed by atoms with E-state index >= 15 is 0 Å². The number of H-pyrrole nitrogens is 1. The number of hydrogen-bond acceptors (Lipinski definition) is 4. The van der Waals surface area contributed by atoms with Gasteiger partial charge in [0.25, 0.3) is 5.91 Å². The van der Waals surface area contributed by atoms with Gasteiger partial charge in [0.2, 0.25) is 0 Å². The summed E-state index contributed by atoms with van der Waals surface area (Å²) >= 11 is 5.05. The van der Waals surface area contributed by atoms with E-state index in [9.17, 15) is 4.79 Å². The molecule has 3 rings (SSSR count). The third kappa shape index (κ3) is 3.24. The highest BCUT2D eigenvalue weighted by Gasteiger charge is 2.16. The molecular formula is C16H16N4O2S. The summed E-state index contributed by atoms with van der Waals surface area (Å²) in [4.78, 5) is 12.3. The van der Waals surface area contributed by atoms with E-state index in [1.807, 2.05) is 37.4 Å². The molecule has 0 atom stereocenters. The smallest absolute Gasteiger partial charge is 0.287 e. The van der Waals surface area contributed by atoms with Gasteiger partial charge in [-0.15, -0.1) is 0 Å². The van der Waals surface area contributed by atoms with Crippen LogP contribution in [0.2, 0.25) is 0 Å². The highest BCUT2D eigenvalue weighted by molar-refractivity contribution is 7.71. The Bertz CT molecular complexity index is 864. The molecular weight excluding hydrogens is 312 g/mol. The molecule has 0 aliphatic carbocycles. The molecule has 7 heteroatoms. The van der Waals surface area contributed by atoms with Gasteiger partial charge < -0.3 is 14.3 Å². The van der Waals surface area contributed by atoms with Gasteiger partial charge in [-0.05, 0) is 23.8 Å². The summed E-state index contributed by atoms with van der Waals surface area (Å²) in [7, 11) is 1.84. The fourth-order valence-electron chi connectivity index (χ4n) is 2.30. The average Bonchev–Trinajstić information content (AvgIpc) is 3.18. The van der Waals surface area contributed by atoms with Crippen LogP contribution >= 0.6 is 12.2 Å². The van der Waals surface area contributed by atoms with Crippen LogP contribution in [0.4, 0.5) is 0 Å². The number of nitrogens with zero attached hydrogens (tertiary/aromatic N) is 2. The van der Waals surface area contributed by atoms with Crippen molar-refractivity contribution in [1.29, 1.82) is 0 Å². The van der Waals surface area contributed by atoms with Crippen LogP contribution in [0.1, 0.15) is 16.4 Å². The minimum absolute atomic E-state index is 0.245. The molecule has 0 aliphatic rings. The molecule has 1 amide bonds. The van der Waals surface area contributed by atoms with Crippen LogP contribution in [0.5, 0.6) is 0 Å². The maximum Gasteiger partial charge on any atom is 0.287 e. The Morgan fingerprint density at radius 3 is 2.83 bits per heavy atom. The van der Waals surface area contributed by atoms with Gasteiger partial charge in [0, 0.05) is 25.6 Å². The highest BCUT2D eigenvalue weighted by atomic mass is 32.1. The number of aromatic amines is 1. The van der Waals surface area contributed by atoms with Crippen LogP contribution < -0.4 is 5.32 Å². The van der Waals surface area contributed by atoms with E-state index < -0.39 is 0 Å². The second-order valence-electron chi connectivity index (χ2n) is 5.04. The minimum atomic E-state index is -0.245. The molecule has 0 spiro atoms. The molecule has 0 aliphatic heterocycles. The monoisotopic (exact) mass is 328 g/mol. The molecule has 2 aromatic heterocycles. The third-order valence-corrected chi connectivity index (χ3v) is 3.93. The number of carbonyl (C=O) groups is 1. The minimum Gasteiger partial charge on any atom is -0.459 e. The Hall–Kier alpha value is -2.67. The first-order valence-corrected chi connectivity index (χ1v) is 7.59. The van der Waals surface area contributed by atoms with Gasteiger partial charge in [-0.1, -0.05) is 30.3 Å². The number of furan rings is 1. The SMILES string of the molecule is Cn1c(CCNC(=O)c2occc2-c2ccccc2)n[nH]c1=S. The summed E-state index contributed by atoms with van der Waals surface area (Å²) in [5.74, 6) is 0.857. The van der Waals surface area contributed by atoms with E-state index in [0.717, 1.165) is 17.0 Å². The van der Waals surface area contributed by atoms with Crippen molar-refractivity contribution in [3.8, 4) is 11.1 Å². The summed E-state index contributed by atoms with van der Waals surface area (Å²) < 4.78 is 7.70. The largest absolute Gasteiger partial charge is 0.459 e. The van der Waals surface area contributed by atoms with Gasteiger partial charge in [-0.25, -0.2) is 0 Å². The Morgan fingerprint density at radius 1 is 1.35 bits per heavy atom. The molecule has 0 radical (unpaired) electrons. The third-order valence-electron chi connectivity index (χ3n) is 3.56. The topological polar surface area (TPSA) is 75.8 Å². The van der Waals surface area contributed by atoms with E-state index in [1.165, 1.54) is 6.26 Å². The quantitative estimate of drug-likeness (QED) is 0.706. The predicted molar refractivity (Wildman–Crippen MR) is 88.6 cm³/mol. The lowest BCUT2D eigenvalue weighted by atomic mass is 10.1. The zero-order valence-electron chi connectivity index (χ0n) is 12.6. The lowest BCUT2D eigenvalue weighted by Crippen LogP contribution is -2.26. The lowest BCUT2D eigenvalue weighted by Gasteiger charge is -2.05. The number of benzene rings is 1. The molecule has 0 saturated carbocycles. The van der Waals surface area contributed by atoms with Crippen molar-refractivity contribution in [1.82, 2.24) is 20.1 Å². The van der Waals surface area contributed by atoms with Crippen molar-refractivity contribution < 1.29 is 9.21 Å². The first-order chi connectivity index (χ1) is 11.2. The second-order valence-corrected chi connectivity index (χ2v) is 5.43. The normalized spacial score (nSPS) is 10.7. The number of carbonyl (C=O) groups excluding carboxylic acids is 1. The molecule has 3 aromatic rings. The number of aromatic nitrogens is 3. The molecule has 2 heterocycles. The number of hydrogen-bond donors (Lipinski definition) is 2. The number of rotatable bonds is 5. The fraction of sp³-hybridized carbons (Fsp3) is 0.188. The van der Waals surface area contributed by atoms with E-state index in [-0.39, 0.29) is 5.91 Å². The van der Waals surface area contributed by atoms with E-state index in [4.69, 9.17) is 16.6 Å². The van der Waals surface area contributed by atoms with Crippen LogP contribution in [0.3, 0.4) is 0 Å². The molecule has 6 nitrogen and oxygen atoms in total. The highest BCUT2D eigenvalue weighted by Crippen LogP contribution is 2.24. The van der Waals surface area contributed by atoms with Crippen LogP contribution in [0, 0.1) is 4.77 Å². The Balaban J connectivity index is 1.67. The van der Waals surface area contributed by atoms with Gasteiger partial charge in [-0.3, -0.25) is 9.89 Å². The van der Waals surface area contributed by atoms with Gasteiger partial charge in [0.05, 0.1) is 6.26 Å². The first-order valence-electron chi connectivity index (χ1n) is 7.18. The fourth-order valence-corrected chi connectivity index (χ4v) is 2.45. The summed E-state index contributed by atoms with van der Waals surface area (Å²) in [6.45, 7) is 0.446. The maximum atomic E-state index is 12.3. The van der Waals surface area contributed by atoms with Crippen LogP contribution in [0.15, 0.2) is 47.1 Å². The Morgan fingerprint density at radius 2 is 2.13 bits per heavy atom.